The Balaban J connectivity index is 2.38. The first-order valence-electron chi connectivity index (χ1n) is 5.22. The summed E-state index contributed by atoms with van der Waals surface area (Å²) in [6, 6.07) is 1.43. The normalized spacial score (nSPS) is 13.3. The first kappa shape index (κ1) is 10.1. The quantitative estimate of drug-likeness (QED) is 0.840. The SMILES string of the molecule is CCCC(C)c1nc2ncc(F)cc2[nH]1. The van der Waals surface area contributed by atoms with E-state index in [2.05, 4.69) is 28.8 Å². The van der Waals surface area contributed by atoms with E-state index in [0.29, 0.717) is 17.1 Å². The number of hydrogen-bond donors (Lipinski definition) is 1. The van der Waals surface area contributed by atoms with Crippen LogP contribution in [-0.4, -0.2) is 15.0 Å². The lowest BCUT2D eigenvalue weighted by molar-refractivity contribution is 0.624. The Morgan fingerprint density at radius 2 is 2.33 bits per heavy atom. The average Bonchev–Trinajstić information content (AvgIpc) is 2.60. The maximum Gasteiger partial charge on any atom is 0.177 e. The lowest BCUT2D eigenvalue weighted by atomic mass is 10.1. The fraction of sp³-hybridized carbons (Fsp3) is 0.455. The first-order chi connectivity index (χ1) is 7.20. The molecule has 0 aliphatic rings. The van der Waals surface area contributed by atoms with Gasteiger partial charge in [-0.25, -0.2) is 14.4 Å². The number of rotatable bonds is 3. The standard InChI is InChI=1S/C11H14FN3/c1-3-4-7(2)10-14-9-5-8(12)6-13-11(9)15-10/h5-7H,3-4H2,1-2H3,(H,13,14,15). The van der Waals surface area contributed by atoms with Crippen molar-refractivity contribution in [3.63, 3.8) is 0 Å². The first-order valence-corrected chi connectivity index (χ1v) is 5.22. The van der Waals surface area contributed by atoms with Crippen LogP contribution in [0.2, 0.25) is 0 Å². The molecule has 0 fully saturated rings. The average molecular weight is 207 g/mol. The van der Waals surface area contributed by atoms with Crippen LogP contribution in [0.25, 0.3) is 11.2 Å². The second-order valence-electron chi connectivity index (χ2n) is 3.84. The van der Waals surface area contributed by atoms with Crippen LogP contribution in [0.3, 0.4) is 0 Å². The van der Waals surface area contributed by atoms with E-state index in [1.165, 1.54) is 12.3 Å². The van der Waals surface area contributed by atoms with Crippen molar-refractivity contribution in [1.82, 2.24) is 15.0 Å². The number of imidazole rings is 1. The summed E-state index contributed by atoms with van der Waals surface area (Å²) in [6.07, 6.45) is 3.37. The van der Waals surface area contributed by atoms with Gasteiger partial charge in [0.25, 0.3) is 0 Å². The molecule has 0 saturated heterocycles. The van der Waals surface area contributed by atoms with Gasteiger partial charge in [0.05, 0.1) is 11.7 Å². The molecular weight excluding hydrogens is 193 g/mol. The van der Waals surface area contributed by atoms with Crippen LogP contribution >= 0.6 is 0 Å². The number of H-pyrrole nitrogens is 1. The van der Waals surface area contributed by atoms with Crippen LogP contribution in [0, 0.1) is 5.82 Å². The van der Waals surface area contributed by atoms with Crippen molar-refractivity contribution < 1.29 is 4.39 Å². The van der Waals surface area contributed by atoms with Crippen molar-refractivity contribution in [2.45, 2.75) is 32.6 Å². The molecule has 3 nitrogen and oxygen atoms in total. The molecule has 15 heavy (non-hydrogen) atoms. The molecule has 2 aromatic rings. The van der Waals surface area contributed by atoms with E-state index in [1.54, 1.807) is 0 Å². The molecule has 1 atom stereocenters. The van der Waals surface area contributed by atoms with Crippen molar-refractivity contribution in [3.8, 4) is 0 Å². The van der Waals surface area contributed by atoms with Crippen molar-refractivity contribution in [1.29, 1.82) is 0 Å². The summed E-state index contributed by atoms with van der Waals surface area (Å²) in [6.45, 7) is 4.24. The molecule has 1 unspecified atom stereocenters. The van der Waals surface area contributed by atoms with Gasteiger partial charge in [-0.15, -0.1) is 0 Å². The van der Waals surface area contributed by atoms with Gasteiger partial charge in [0.2, 0.25) is 0 Å². The van der Waals surface area contributed by atoms with Gasteiger partial charge in [-0.05, 0) is 6.42 Å². The topological polar surface area (TPSA) is 41.6 Å². The highest BCUT2D eigenvalue weighted by molar-refractivity contribution is 5.70. The molecule has 2 aromatic heterocycles. The smallest absolute Gasteiger partial charge is 0.177 e. The Labute approximate surface area is 87.8 Å². The zero-order valence-electron chi connectivity index (χ0n) is 8.92. The summed E-state index contributed by atoms with van der Waals surface area (Å²) in [5, 5.41) is 0. The summed E-state index contributed by atoms with van der Waals surface area (Å²) in [5.74, 6) is 0.929. The largest absolute Gasteiger partial charge is 0.340 e. The molecular formula is C11H14FN3. The van der Waals surface area contributed by atoms with E-state index in [1.807, 2.05) is 0 Å². The molecule has 2 rings (SSSR count). The molecule has 0 saturated carbocycles. The summed E-state index contributed by atoms with van der Waals surface area (Å²) < 4.78 is 12.9. The highest BCUT2D eigenvalue weighted by Crippen LogP contribution is 2.20. The lowest BCUT2D eigenvalue weighted by Gasteiger charge is -2.04. The third kappa shape index (κ3) is 1.98. The number of aromatic nitrogens is 3. The van der Waals surface area contributed by atoms with Crippen LogP contribution in [0.1, 0.15) is 38.4 Å². The van der Waals surface area contributed by atoms with Crippen molar-refractivity contribution in [2.75, 3.05) is 0 Å². The molecule has 1 N–H and O–H groups in total. The predicted molar refractivity (Wildman–Crippen MR) is 57.2 cm³/mol. The lowest BCUT2D eigenvalue weighted by Crippen LogP contribution is -1.94. The maximum atomic E-state index is 12.9. The molecule has 0 aromatic carbocycles. The molecule has 0 aliphatic carbocycles. The number of hydrogen-bond acceptors (Lipinski definition) is 2. The molecule has 0 radical (unpaired) electrons. The number of nitrogens with one attached hydrogen (secondary N) is 1. The van der Waals surface area contributed by atoms with E-state index in [0.717, 1.165) is 18.7 Å². The van der Waals surface area contributed by atoms with E-state index in [9.17, 15) is 4.39 Å². The van der Waals surface area contributed by atoms with Gasteiger partial charge in [0, 0.05) is 12.0 Å². The Morgan fingerprint density at radius 3 is 3.07 bits per heavy atom. The van der Waals surface area contributed by atoms with Crippen molar-refractivity contribution in [3.05, 3.63) is 23.9 Å². The maximum absolute atomic E-state index is 12.9. The zero-order valence-corrected chi connectivity index (χ0v) is 8.92. The Bertz CT molecular complexity index is 464. The van der Waals surface area contributed by atoms with Gasteiger partial charge >= 0.3 is 0 Å². The number of aromatic amines is 1. The summed E-state index contributed by atoms with van der Waals surface area (Å²) in [4.78, 5) is 11.4. The van der Waals surface area contributed by atoms with Crippen molar-refractivity contribution in [2.24, 2.45) is 0 Å². The minimum absolute atomic E-state index is 0.333. The van der Waals surface area contributed by atoms with Gasteiger partial charge < -0.3 is 4.98 Å². The summed E-state index contributed by atoms with van der Waals surface area (Å²) in [5.41, 5.74) is 1.27. The minimum atomic E-state index is -0.333. The number of fused-ring (bicyclic) bond motifs is 1. The van der Waals surface area contributed by atoms with Crippen LogP contribution in [-0.2, 0) is 0 Å². The molecule has 0 spiro atoms. The van der Waals surface area contributed by atoms with E-state index in [-0.39, 0.29) is 5.82 Å². The van der Waals surface area contributed by atoms with Gasteiger partial charge in [-0.2, -0.15) is 0 Å². The molecule has 2 heterocycles. The fourth-order valence-electron chi connectivity index (χ4n) is 1.70. The van der Waals surface area contributed by atoms with Crippen LogP contribution < -0.4 is 0 Å². The number of halogens is 1. The van der Waals surface area contributed by atoms with Crippen molar-refractivity contribution >= 4 is 11.2 Å². The van der Waals surface area contributed by atoms with Gasteiger partial charge in [-0.1, -0.05) is 20.3 Å². The Kier molecular flexibility index (Phi) is 2.66. The third-order valence-corrected chi connectivity index (χ3v) is 2.51. The molecule has 80 valence electrons. The predicted octanol–water partition coefficient (Wildman–Crippen LogP) is 3.00. The second-order valence-corrected chi connectivity index (χ2v) is 3.84. The highest BCUT2D eigenvalue weighted by Gasteiger charge is 2.10. The summed E-state index contributed by atoms with van der Waals surface area (Å²) >= 11 is 0. The second kappa shape index (κ2) is 3.96. The number of nitrogens with zero attached hydrogens (tertiary/aromatic N) is 2. The fourth-order valence-corrected chi connectivity index (χ4v) is 1.70. The van der Waals surface area contributed by atoms with Gasteiger partial charge in [0.15, 0.2) is 5.65 Å². The molecule has 0 aliphatic heterocycles. The van der Waals surface area contributed by atoms with E-state index in [4.69, 9.17) is 0 Å². The highest BCUT2D eigenvalue weighted by atomic mass is 19.1. The van der Waals surface area contributed by atoms with Gasteiger partial charge in [0.1, 0.15) is 11.6 Å². The monoisotopic (exact) mass is 207 g/mol. The Morgan fingerprint density at radius 1 is 1.53 bits per heavy atom. The third-order valence-electron chi connectivity index (χ3n) is 2.51. The summed E-state index contributed by atoms with van der Waals surface area (Å²) in [7, 11) is 0. The van der Waals surface area contributed by atoms with E-state index >= 15 is 0 Å². The molecule has 0 bridgehead atoms. The van der Waals surface area contributed by atoms with Crippen LogP contribution in [0.4, 0.5) is 4.39 Å². The minimum Gasteiger partial charge on any atom is -0.340 e. The van der Waals surface area contributed by atoms with Crippen LogP contribution in [0.15, 0.2) is 12.3 Å². The zero-order chi connectivity index (χ0) is 10.8. The van der Waals surface area contributed by atoms with Gasteiger partial charge in [-0.3, -0.25) is 0 Å². The van der Waals surface area contributed by atoms with Crippen LogP contribution in [0.5, 0.6) is 0 Å². The number of pyridine rings is 1. The van der Waals surface area contributed by atoms with E-state index < -0.39 is 0 Å². The molecule has 0 amide bonds. The Hall–Kier alpha value is -1.45. The molecule has 4 heteroatoms.